The van der Waals surface area contributed by atoms with Crippen molar-refractivity contribution in [1.82, 2.24) is 9.97 Å². The molecule has 0 radical (unpaired) electrons. The Bertz CT molecular complexity index is 582. The molecule has 1 aromatic heterocycles. The van der Waals surface area contributed by atoms with Crippen LogP contribution in [0.1, 0.15) is 16.1 Å². The molecule has 1 heterocycles. The molecule has 18 heavy (non-hydrogen) atoms. The van der Waals surface area contributed by atoms with E-state index in [1.165, 1.54) is 19.5 Å². The molecule has 0 bridgehead atoms. The first-order chi connectivity index (χ1) is 8.65. The number of rotatable bonds is 3. The third kappa shape index (κ3) is 2.30. The number of hydrogen-bond acceptors (Lipinski definition) is 4. The predicted octanol–water partition coefficient (Wildman–Crippen LogP) is 3.02. The standard InChI is InChI=1S/C12H8Cl2N2O2/c1-18-12-10(15-5-6-16-12)11(17)9-7(13)3-2-4-8(9)14/h2-6H,1H3. The largest absolute Gasteiger partial charge is 0.479 e. The van der Waals surface area contributed by atoms with Crippen LogP contribution >= 0.6 is 23.2 Å². The van der Waals surface area contributed by atoms with E-state index >= 15 is 0 Å². The van der Waals surface area contributed by atoms with Crippen LogP contribution in [0.5, 0.6) is 5.88 Å². The summed E-state index contributed by atoms with van der Waals surface area (Å²) in [5.74, 6) is -0.283. The molecule has 6 heteroatoms. The third-order valence-electron chi connectivity index (χ3n) is 2.26. The van der Waals surface area contributed by atoms with Crippen LogP contribution in [0.2, 0.25) is 10.0 Å². The maximum atomic E-state index is 12.3. The van der Waals surface area contributed by atoms with E-state index in [-0.39, 0.29) is 27.2 Å². The molecule has 2 aromatic rings. The molecule has 0 aliphatic heterocycles. The van der Waals surface area contributed by atoms with Gasteiger partial charge in [-0.1, -0.05) is 29.3 Å². The maximum Gasteiger partial charge on any atom is 0.243 e. The van der Waals surface area contributed by atoms with Crippen LogP contribution in [0.15, 0.2) is 30.6 Å². The van der Waals surface area contributed by atoms with E-state index < -0.39 is 5.78 Å². The summed E-state index contributed by atoms with van der Waals surface area (Å²) >= 11 is 12.0. The molecule has 0 N–H and O–H groups in total. The zero-order chi connectivity index (χ0) is 13.1. The first-order valence-corrected chi connectivity index (χ1v) is 5.74. The number of benzene rings is 1. The minimum absolute atomic E-state index is 0.0787. The minimum atomic E-state index is -0.421. The van der Waals surface area contributed by atoms with E-state index in [0.717, 1.165) is 0 Å². The van der Waals surface area contributed by atoms with Crippen LogP contribution in [0.3, 0.4) is 0 Å². The lowest BCUT2D eigenvalue weighted by Gasteiger charge is -2.07. The number of halogens is 2. The highest BCUT2D eigenvalue weighted by Crippen LogP contribution is 2.28. The summed E-state index contributed by atoms with van der Waals surface area (Å²) in [4.78, 5) is 20.2. The van der Waals surface area contributed by atoms with Crippen molar-refractivity contribution in [3.8, 4) is 5.88 Å². The van der Waals surface area contributed by atoms with E-state index in [1.807, 2.05) is 0 Å². The minimum Gasteiger partial charge on any atom is -0.479 e. The van der Waals surface area contributed by atoms with Crippen molar-refractivity contribution in [2.75, 3.05) is 7.11 Å². The number of ketones is 1. The molecule has 2 rings (SSSR count). The molecule has 4 nitrogen and oxygen atoms in total. The summed E-state index contributed by atoms with van der Waals surface area (Å²) in [6, 6.07) is 4.84. The average Bonchev–Trinajstić information content (AvgIpc) is 2.38. The summed E-state index contributed by atoms with van der Waals surface area (Å²) in [6.07, 6.45) is 2.84. The number of ether oxygens (including phenoxy) is 1. The van der Waals surface area contributed by atoms with Crippen molar-refractivity contribution in [3.05, 3.63) is 51.9 Å². The second-order valence-corrected chi connectivity index (χ2v) is 4.15. The summed E-state index contributed by atoms with van der Waals surface area (Å²) in [5.41, 5.74) is 0.273. The Labute approximate surface area is 114 Å². The Morgan fingerprint density at radius 3 is 2.39 bits per heavy atom. The number of nitrogens with zero attached hydrogens (tertiary/aromatic N) is 2. The zero-order valence-electron chi connectivity index (χ0n) is 9.35. The Balaban J connectivity index is 2.55. The highest BCUT2D eigenvalue weighted by molar-refractivity contribution is 6.41. The quantitative estimate of drug-likeness (QED) is 0.812. The van der Waals surface area contributed by atoms with Gasteiger partial charge in [-0.05, 0) is 12.1 Å². The molecule has 0 saturated heterocycles. The smallest absolute Gasteiger partial charge is 0.243 e. The van der Waals surface area contributed by atoms with Gasteiger partial charge in [0.1, 0.15) is 0 Å². The fourth-order valence-corrected chi connectivity index (χ4v) is 2.03. The zero-order valence-corrected chi connectivity index (χ0v) is 10.9. The van der Waals surface area contributed by atoms with Gasteiger partial charge in [-0.15, -0.1) is 0 Å². The van der Waals surface area contributed by atoms with Crippen LogP contribution in [0.25, 0.3) is 0 Å². The van der Waals surface area contributed by atoms with Crippen LogP contribution in [-0.2, 0) is 0 Å². The molecule has 0 unspecified atom stereocenters. The van der Waals surface area contributed by atoms with Crippen LogP contribution in [-0.4, -0.2) is 22.9 Å². The van der Waals surface area contributed by atoms with Gasteiger partial charge in [0.05, 0.1) is 22.7 Å². The van der Waals surface area contributed by atoms with Gasteiger partial charge in [-0.2, -0.15) is 0 Å². The molecule has 0 fully saturated rings. The Hall–Kier alpha value is -1.65. The third-order valence-corrected chi connectivity index (χ3v) is 2.89. The number of hydrogen-bond donors (Lipinski definition) is 0. The summed E-state index contributed by atoms with van der Waals surface area (Å²) in [5, 5.41) is 0.528. The Morgan fingerprint density at radius 2 is 1.78 bits per heavy atom. The second-order valence-electron chi connectivity index (χ2n) is 3.34. The topological polar surface area (TPSA) is 52.1 Å². The second kappa shape index (κ2) is 5.33. The molecule has 0 amide bonds. The van der Waals surface area contributed by atoms with Gasteiger partial charge in [0.2, 0.25) is 11.7 Å². The molecular formula is C12H8Cl2N2O2. The molecule has 92 valence electrons. The molecule has 0 atom stereocenters. The maximum absolute atomic E-state index is 12.3. The van der Waals surface area contributed by atoms with Gasteiger partial charge in [0.25, 0.3) is 0 Å². The van der Waals surface area contributed by atoms with Crippen LogP contribution in [0.4, 0.5) is 0 Å². The van der Waals surface area contributed by atoms with Gasteiger partial charge < -0.3 is 4.74 Å². The number of carbonyl (C=O) groups excluding carboxylic acids is 1. The van der Waals surface area contributed by atoms with E-state index in [4.69, 9.17) is 27.9 Å². The molecule has 0 saturated carbocycles. The van der Waals surface area contributed by atoms with Crippen LogP contribution < -0.4 is 4.74 Å². The van der Waals surface area contributed by atoms with Crippen molar-refractivity contribution in [1.29, 1.82) is 0 Å². The first-order valence-electron chi connectivity index (χ1n) is 4.99. The summed E-state index contributed by atoms with van der Waals surface area (Å²) in [6.45, 7) is 0. The van der Waals surface area contributed by atoms with E-state index in [0.29, 0.717) is 0 Å². The van der Waals surface area contributed by atoms with E-state index in [9.17, 15) is 4.79 Å². The van der Waals surface area contributed by atoms with Gasteiger partial charge in [-0.25, -0.2) is 9.97 Å². The highest BCUT2D eigenvalue weighted by atomic mass is 35.5. The lowest BCUT2D eigenvalue weighted by Crippen LogP contribution is -2.09. The number of carbonyl (C=O) groups is 1. The van der Waals surface area contributed by atoms with E-state index in [1.54, 1.807) is 18.2 Å². The van der Waals surface area contributed by atoms with Crippen molar-refractivity contribution in [2.45, 2.75) is 0 Å². The molecule has 0 spiro atoms. The lowest BCUT2D eigenvalue weighted by atomic mass is 10.1. The summed E-state index contributed by atoms with van der Waals surface area (Å²) < 4.78 is 4.99. The van der Waals surface area contributed by atoms with Crippen molar-refractivity contribution in [2.24, 2.45) is 0 Å². The van der Waals surface area contributed by atoms with Crippen molar-refractivity contribution < 1.29 is 9.53 Å². The monoisotopic (exact) mass is 282 g/mol. The molecular weight excluding hydrogens is 275 g/mol. The Kier molecular flexibility index (Phi) is 3.79. The highest BCUT2D eigenvalue weighted by Gasteiger charge is 2.21. The van der Waals surface area contributed by atoms with Gasteiger partial charge in [-0.3, -0.25) is 4.79 Å². The van der Waals surface area contributed by atoms with Gasteiger partial charge in [0.15, 0.2) is 5.69 Å². The van der Waals surface area contributed by atoms with Crippen LogP contribution in [0, 0.1) is 0 Å². The average molecular weight is 283 g/mol. The van der Waals surface area contributed by atoms with Crippen molar-refractivity contribution >= 4 is 29.0 Å². The normalized spacial score (nSPS) is 10.2. The van der Waals surface area contributed by atoms with Gasteiger partial charge >= 0.3 is 0 Å². The molecule has 0 aliphatic carbocycles. The van der Waals surface area contributed by atoms with Crippen molar-refractivity contribution in [3.63, 3.8) is 0 Å². The number of methoxy groups -OCH3 is 1. The molecule has 0 aliphatic rings. The van der Waals surface area contributed by atoms with Gasteiger partial charge in [0, 0.05) is 12.4 Å². The van der Waals surface area contributed by atoms with E-state index in [2.05, 4.69) is 9.97 Å². The fraction of sp³-hybridized carbons (Fsp3) is 0.0833. The predicted molar refractivity (Wildman–Crippen MR) is 68.5 cm³/mol. The summed E-state index contributed by atoms with van der Waals surface area (Å²) in [7, 11) is 1.41. The number of aromatic nitrogens is 2. The Morgan fingerprint density at radius 1 is 1.17 bits per heavy atom. The fourth-order valence-electron chi connectivity index (χ4n) is 1.46. The lowest BCUT2D eigenvalue weighted by molar-refractivity contribution is 0.103. The molecule has 1 aromatic carbocycles. The SMILES string of the molecule is COc1nccnc1C(=O)c1c(Cl)cccc1Cl. The first kappa shape index (κ1) is 12.8.